The number of nitrogens with zero attached hydrogens (tertiary/aromatic N) is 8. The van der Waals surface area contributed by atoms with Crippen molar-refractivity contribution in [3.8, 4) is 0 Å². The normalized spacial score (nSPS) is 11.8. The molecule has 0 unspecified atom stereocenters. The van der Waals surface area contributed by atoms with Gasteiger partial charge < -0.3 is 45.9 Å². The summed E-state index contributed by atoms with van der Waals surface area (Å²) < 4.78 is 0. The fraction of sp³-hybridized carbons (Fsp3) is 0.0909. The first-order valence-corrected chi connectivity index (χ1v) is 10.9. The van der Waals surface area contributed by atoms with Crippen LogP contribution < -0.4 is 45.9 Å². The molecule has 0 amide bonds. The summed E-state index contributed by atoms with van der Waals surface area (Å²) in [6, 6.07) is 15.3. The van der Waals surface area contributed by atoms with Crippen molar-refractivity contribution in [1.82, 2.24) is 0 Å². The van der Waals surface area contributed by atoms with Crippen LogP contribution in [0.3, 0.4) is 0 Å². The number of nitrogens with two attached hydrogens (primary N) is 8. The third kappa shape index (κ3) is 10.6. The van der Waals surface area contributed by atoms with Gasteiger partial charge in [-0.15, -0.1) is 30.6 Å². The third-order valence-electron chi connectivity index (χ3n) is 4.45. The molecule has 38 heavy (non-hydrogen) atoms. The zero-order valence-electron chi connectivity index (χ0n) is 20.4. The molecule has 2 aromatic rings. The molecule has 0 aliphatic rings. The number of hydrogen-bond donors (Lipinski definition) is 8. The van der Waals surface area contributed by atoms with Crippen molar-refractivity contribution in [2.45, 2.75) is 12.8 Å². The van der Waals surface area contributed by atoms with E-state index in [1.165, 1.54) is 12.4 Å². The van der Waals surface area contributed by atoms with Crippen LogP contribution in [0.4, 0.5) is 0 Å². The zero-order chi connectivity index (χ0) is 27.9. The van der Waals surface area contributed by atoms with E-state index >= 15 is 0 Å². The lowest BCUT2D eigenvalue weighted by molar-refractivity contribution is 0.960. The van der Waals surface area contributed by atoms with Gasteiger partial charge in [0.2, 0.25) is 23.8 Å². The quantitative estimate of drug-likeness (QED) is 0.0926. The Morgan fingerprint density at radius 3 is 1.05 bits per heavy atom. The predicted molar refractivity (Wildman–Crippen MR) is 154 cm³/mol. The number of guanidine groups is 4. The zero-order valence-corrected chi connectivity index (χ0v) is 20.4. The fourth-order valence-electron chi connectivity index (χ4n) is 2.81. The maximum atomic E-state index is 5.37. The van der Waals surface area contributed by atoms with Gasteiger partial charge in [0.1, 0.15) is 11.4 Å². The third-order valence-corrected chi connectivity index (χ3v) is 4.45. The highest BCUT2D eigenvalue weighted by Gasteiger charge is 2.05. The van der Waals surface area contributed by atoms with Gasteiger partial charge >= 0.3 is 0 Å². The van der Waals surface area contributed by atoms with Crippen LogP contribution in [0.15, 0.2) is 89.3 Å². The number of benzene rings is 2. The van der Waals surface area contributed by atoms with Crippen molar-refractivity contribution < 1.29 is 0 Å². The Balaban J connectivity index is 2.14. The van der Waals surface area contributed by atoms with Crippen molar-refractivity contribution in [2.24, 2.45) is 86.7 Å². The summed E-state index contributed by atoms with van der Waals surface area (Å²) in [5, 5.41) is 29.9. The Morgan fingerprint density at radius 1 is 0.447 bits per heavy atom. The van der Waals surface area contributed by atoms with Gasteiger partial charge in [0.05, 0.1) is 12.4 Å². The Bertz CT molecular complexity index is 1190. The minimum Gasteiger partial charge on any atom is -0.369 e. The van der Waals surface area contributed by atoms with Gasteiger partial charge in [0.25, 0.3) is 0 Å². The largest absolute Gasteiger partial charge is 0.369 e. The van der Waals surface area contributed by atoms with Gasteiger partial charge in [-0.05, 0) is 24.0 Å². The first-order valence-electron chi connectivity index (χ1n) is 10.9. The van der Waals surface area contributed by atoms with E-state index in [9.17, 15) is 0 Å². The molecule has 0 fully saturated rings. The molecular weight excluding hydrogens is 488 g/mol. The fourth-order valence-corrected chi connectivity index (χ4v) is 2.81. The molecule has 0 atom stereocenters. The van der Waals surface area contributed by atoms with Crippen LogP contribution in [-0.4, -0.2) is 47.7 Å². The van der Waals surface area contributed by atoms with E-state index in [-0.39, 0.29) is 23.8 Å². The minimum absolute atomic E-state index is 0.192. The molecule has 2 rings (SSSR count). The van der Waals surface area contributed by atoms with Crippen LogP contribution in [0.5, 0.6) is 0 Å². The van der Waals surface area contributed by atoms with Crippen LogP contribution in [0, 0.1) is 0 Å². The maximum Gasteiger partial charge on any atom is 0.211 e. The van der Waals surface area contributed by atoms with E-state index < -0.39 is 0 Å². The average Bonchev–Trinajstić information content (AvgIpc) is 2.87. The molecule has 0 heterocycles. The van der Waals surface area contributed by atoms with Gasteiger partial charge in [0.15, 0.2) is 0 Å². The summed E-state index contributed by atoms with van der Waals surface area (Å²) in [4.78, 5) is 0. The second-order valence-corrected chi connectivity index (χ2v) is 7.45. The second kappa shape index (κ2) is 14.6. The summed E-state index contributed by atoms with van der Waals surface area (Å²) >= 11 is 0. The van der Waals surface area contributed by atoms with Crippen molar-refractivity contribution in [3.05, 3.63) is 70.8 Å². The van der Waals surface area contributed by atoms with Crippen LogP contribution in [0.1, 0.15) is 22.3 Å². The summed E-state index contributed by atoms with van der Waals surface area (Å²) in [5.41, 5.74) is 47.0. The van der Waals surface area contributed by atoms with E-state index in [0.29, 0.717) is 22.6 Å². The molecule has 16 heteroatoms. The van der Waals surface area contributed by atoms with Crippen LogP contribution in [-0.2, 0) is 12.8 Å². The molecule has 0 bridgehead atoms. The molecule has 198 valence electrons. The molecule has 0 aliphatic heterocycles. The van der Waals surface area contributed by atoms with Gasteiger partial charge in [0, 0.05) is 11.1 Å². The summed E-state index contributed by atoms with van der Waals surface area (Å²) in [5.74, 6) is -0.781. The summed E-state index contributed by atoms with van der Waals surface area (Å²) in [7, 11) is 0. The average molecular weight is 519 g/mol. The Kier molecular flexibility index (Phi) is 10.9. The standard InChI is InChI=1S/C22H30N16/c23-19(24)35-31-11-17(33-37-21(27)28)15-7-3-13(4-8-15)1-2-14-5-9-16(10-6-14)18(34-38-22(29)30)12-32-36-20(25)26/h3-12H,1-2H2,(H4,23,24,35)(H4,25,26,36)(H4,27,28,37)(H4,29,30,38)/b31-11+,32-12+,33-17+,34-18+. The Morgan fingerprint density at radius 2 is 0.763 bits per heavy atom. The van der Waals surface area contributed by atoms with Gasteiger partial charge in [-0.25, -0.2) is 0 Å². The first-order chi connectivity index (χ1) is 18.1. The van der Waals surface area contributed by atoms with Crippen molar-refractivity contribution in [1.29, 1.82) is 0 Å². The van der Waals surface area contributed by atoms with Crippen LogP contribution in [0.2, 0.25) is 0 Å². The van der Waals surface area contributed by atoms with Crippen molar-refractivity contribution in [3.63, 3.8) is 0 Å². The lowest BCUT2D eigenvalue weighted by Gasteiger charge is -2.06. The second-order valence-electron chi connectivity index (χ2n) is 7.45. The lowest BCUT2D eigenvalue weighted by Crippen LogP contribution is -2.22. The monoisotopic (exact) mass is 518 g/mol. The molecule has 0 aliphatic carbocycles. The van der Waals surface area contributed by atoms with E-state index in [4.69, 9.17) is 45.9 Å². The van der Waals surface area contributed by atoms with E-state index in [2.05, 4.69) is 40.8 Å². The molecule has 16 nitrogen and oxygen atoms in total. The maximum absolute atomic E-state index is 5.37. The van der Waals surface area contributed by atoms with Gasteiger partial charge in [-0.2, -0.15) is 10.2 Å². The Labute approximate surface area is 218 Å². The molecular formula is C22H30N16. The highest BCUT2D eigenvalue weighted by molar-refractivity contribution is 6.38. The molecule has 0 radical (unpaired) electrons. The molecule has 0 aromatic heterocycles. The molecule has 0 spiro atoms. The molecule has 0 saturated heterocycles. The number of aryl methyl sites for hydroxylation is 2. The molecule has 0 saturated carbocycles. The Hall–Kier alpha value is -5.80. The van der Waals surface area contributed by atoms with Gasteiger partial charge in [-0.3, -0.25) is 0 Å². The lowest BCUT2D eigenvalue weighted by atomic mass is 10.0. The van der Waals surface area contributed by atoms with E-state index in [1.54, 1.807) is 0 Å². The van der Waals surface area contributed by atoms with Crippen LogP contribution in [0.25, 0.3) is 0 Å². The van der Waals surface area contributed by atoms with E-state index in [0.717, 1.165) is 24.0 Å². The van der Waals surface area contributed by atoms with Crippen LogP contribution >= 0.6 is 0 Å². The summed E-state index contributed by atoms with van der Waals surface area (Å²) in [6.45, 7) is 0. The highest BCUT2D eigenvalue weighted by atomic mass is 15.3. The predicted octanol–water partition coefficient (Wildman–Crippen LogP) is -2.05. The molecule has 2 aromatic carbocycles. The first kappa shape index (κ1) is 28.4. The SMILES string of the molecule is NC(N)=N/N=C(\C=N\N=C(N)N)c1ccc(CCc2ccc(C(/C=N/N=C(N)N)=N/N=C(N)N)cc2)cc1. The smallest absolute Gasteiger partial charge is 0.211 e. The number of rotatable bonds is 11. The summed E-state index contributed by atoms with van der Waals surface area (Å²) in [6.07, 6.45) is 4.25. The molecule has 16 N–H and O–H groups in total. The van der Waals surface area contributed by atoms with Crippen molar-refractivity contribution in [2.75, 3.05) is 0 Å². The minimum atomic E-state index is -0.198. The van der Waals surface area contributed by atoms with Crippen molar-refractivity contribution >= 4 is 47.7 Å². The highest BCUT2D eigenvalue weighted by Crippen LogP contribution is 2.12. The number of hydrogen-bond acceptors (Lipinski definition) is 8. The topological polar surface area (TPSA) is 307 Å². The van der Waals surface area contributed by atoms with E-state index in [1.807, 2.05) is 48.5 Å². The van der Waals surface area contributed by atoms with Gasteiger partial charge in [-0.1, -0.05) is 48.5 Å².